The number of halogens is 1. The summed E-state index contributed by atoms with van der Waals surface area (Å²) in [6.07, 6.45) is 0.395. The highest BCUT2D eigenvalue weighted by atomic mass is 19.1. The van der Waals surface area contributed by atoms with Crippen LogP contribution < -0.4 is 10.6 Å². The predicted octanol–water partition coefficient (Wildman–Crippen LogP) is 2.39. The second-order valence-electron chi connectivity index (χ2n) is 4.47. The van der Waals surface area contributed by atoms with Gasteiger partial charge in [0.1, 0.15) is 5.82 Å². The zero-order valence-corrected chi connectivity index (χ0v) is 11.2. The molecule has 0 aliphatic rings. The van der Waals surface area contributed by atoms with Crippen LogP contribution in [0.1, 0.15) is 38.8 Å². The topological polar surface area (TPSA) is 41.1 Å². The second kappa shape index (κ2) is 7.11. The van der Waals surface area contributed by atoms with E-state index in [2.05, 4.69) is 10.6 Å². The van der Waals surface area contributed by atoms with Crippen molar-refractivity contribution in [1.82, 2.24) is 10.6 Å². The molecule has 0 bridgehead atoms. The number of carbonyl (C=O) groups excluding carboxylic acids is 1. The van der Waals surface area contributed by atoms with Gasteiger partial charge < -0.3 is 10.6 Å². The molecule has 3 nitrogen and oxygen atoms in total. The molecule has 1 rings (SSSR count). The van der Waals surface area contributed by atoms with E-state index in [-0.39, 0.29) is 23.8 Å². The molecular weight excluding hydrogens is 231 g/mol. The number of nitrogens with one attached hydrogen (secondary N) is 2. The van der Waals surface area contributed by atoms with Gasteiger partial charge in [0.25, 0.3) is 0 Å². The molecule has 1 unspecified atom stereocenters. The molecule has 2 N–H and O–H groups in total. The smallest absolute Gasteiger partial charge is 0.222 e. The second-order valence-corrected chi connectivity index (χ2v) is 4.47. The Labute approximate surface area is 108 Å². The molecule has 18 heavy (non-hydrogen) atoms. The maximum atomic E-state index is 13.5. The molecule has 0 spiro atoms. The Morgan fingerprint density at radius 3 is 2.61 bits per heavy atom. The molecular formula is C14H21FN2O. The van der Waals surface area contributed by atoms with Gasteiger partial charge in [-0.2, -0.15) is 0 Å². The fraction of sp³-hybridized carbons (Fsp3) is 0.500. The van der Waals surface area contributed by atoms with Crippen LogP contribution in [0.25, 0.3) is 0 Å². The van der Waals surface area contributed by atoms with Crippen LogP contribution in [0.5, 0.6) is 0 Å². The van der Waals surface area contributed by atoms with Crippen molar-refractivity contribution in [1.29, 1.82) is 0 Å². The van der Waals surface area contributed by atoms with Crippen LogP contribution in [-0.4, -0.2) is 18.5 Å². The normalized spacial score (nSPS) is 14.0. The summed E-state index contributed by atoms with van der Waals surface area (Å²) in [4.78, 5) is 11.7. The average molecular weight is 252 g/mol. The molecule has 100 valence electrons. The Morgan fingerprint density at radius 2 is 2.00 bits per heavy atom. The molecule has 0 heterocycles. The zero-order chi connectivity index (χ0) is 13.5. The number of hydrogen-bond donors (Lipinski definition) is 2. The van der Waals surface area contributed by atoms with Gasteiger partial charge in [-0.3, -0.25) is 4.79 Å². The quantitative estimate of drug-likeness (QED) is 0.816. The number of benzene rings is 1. The molecule has 4 heteroatoms. The summed E-state index contributed by atoms with van der Waals surface area (Å²) in [5, 5.41) is 5.97. The van der Waals surface area contributed by atoms with E-state index in [0.29, 0.717) is 12.0 Å². The van der Waals surface area contributed by atoms with Crippen LogP contribution in [0, 0.1) is 5.82 Å². The Hall–Kier alpha value is -1.42. The van der Waals surface area contributed by atoms with Gasteiger partial charge in [-0.1, -0.05) is 25.1 Å². The maximum absolute atomic E-state index is 13.5. The molecule has 0 saturated carbocycles. The van der Waals surface area contributed by atoms with E-state index in [0.717, 1.165) is 6.54 Å². The first-order valence-electron chi connectivity index (χ1n) is 6.31. The molecule has 1 aromatic carbocycles. The number of carbonyl (C=O) groups is 1. The molecule has 0 fully saturated rings. The van der Waals surface area contributed by atoms with Crippen LogP contribution in [0.2, 0.25) is 0 Å². The minimum atomic E-state index is -0.312. The minimum Gasteiger partial charge on any atom is -0.349 e. The third-order valence-corrected chi connectivity index (χ3v) is 2.79. The van der Waals surface area contributed by atoms with Crippen LogP contribution in [0.3, 0.4) is 0 Å². The van der Waals surface area contributed by atoms with Crippen molar-refractivity contribution in [3.8, 4) is 0 Å². The Morgan fingerprint density at radius 1 is 1.33 bits per heavy atom. The highest BCUT2D eigenvalue weighted by Gasteiger charge is 2.14. The van der Waals surface area contributed by atoms with Crippen molar-refractivity contribution in [2.45, 2.75) is 39.3 Å². The van der Waals surface area contributed by atoms with E-state index in [4.69, 9.17) is 0 Å². The van der Waals surface area contributed by atoms with Crippen LogP contribution in [0.15, 0.2) is 24.3 Å². The fourth-order valence-corrected chi connectivity index (χ4v) is 1.90. The minimum absolute atomic E-state index is 0.0702. The van der Waals surface area contributed by atoms with Crippen molar-refractivity contribution < 1.29 is 9.18 Å². The summed E-state index contributed by atoms with van der Waals surface area (Å²) in [5.74, 6) is -0.357. The van der Waals surface area contributed by atoms with E-state index in [9.17, 15) is 9.18 Å². The van der Waals surface area contributed by atoms with Crippen LogP contribution >= 0.6 is 0 Å². The van der Waals surface area contributed by atoms with Crippen molar-refractivity contribution >= 4 is 5.91 Å². The third kappa shape index (κ3) is 4.45. The summed E-state index contributed by atoms with van der Waals surface area (Å²) in [6, 6.07) is 6.31. The van der Waals surface area contributed by atoms with Crippen LogP contribution in [-0.2, 0) is 4.79 Å². The summed E-state index contributed by atoms with van der Waals surface area (Å²) in [5.41, 5.74) is 0.516. The summed E-state index contributed by atoms with van der Waals surface area (Å²) in [7, 11) is 0. The first-order valence-corrected chi connectivity index (χ1v) is 6.31. The molecule has 0 aliphatic carbocycles. The van der Waals surface area contributed by atoms with Gasteiger partial charge >= 0.3 is 0 Å². The van der Waals surface area contributed by atoms with E-state index < -0.39 is 0 Å². The van der Waals surface area contributed by atoms with Crippen molar-refractivity contribution in [2.24, 2.45) is 0 Å². The van der Waals surface area contributed by atoms with E-state index in [1.54, 1.807) is 25.1 Å². The lowest BCUT2D eigenvalue weighted by Crippen LogP contribution is -2.34. The molecule has 0 aliphatic heterocycles. The van der Waals surface area contributed by atoms with Gasteiger partial charge in [0, 0.05) is 18.0 Å². The highest BCUT2D eigenvalue weighted by molar-refractivity contribution is 5.77. The van der Waals surface area contributed by atoms with Gasteiger partial charge in [-0.05, 0) is 26.5 Å². The lowest BCUT2D eigenvalue weighted by atomic mass is 10.1. The van der Waals surface area contributed by atoms with Gasteiger partial charge in [0.15, 0.2) is 0 Å². The molecule has 2 atom stereocenters. The summed E-state index contributed by atoms with van der Waals surface area (Å²) < 4.78 is 13.5. The maximum Gasteiger partial charge on any atom is 0.222 e. The van der Waals surface area contributed by atoms with E-state index >= 15 is 0 Å². The largest absolute Gasteiger partial charge is 0.349 e. The van der Waals surface area contributed by atoms with Crippen LogP contribution in [0.4, 0.5) is 4.39 Å². The van der Waals surface area contributed by atoms with Crippen molar-refractivity contribution in [2.75, 3.05) is 6.54 Å². The van der Waals surface area contributed by atoms with Crippen molar-refractivity contribution in [3.05, 3.63) is 35.6 Å². The number of rotatable bonds is 6. The van der Waals surface area contributed by atoms with E-state index in [1.165, 1.54) is 6.07 Å². The highest BCUT2D eigenvalue weighted by Crippen LogP contribution is 2.16. The van der Waals surface area contributed by atoms with Gasteiger partial charge in [0.05, 0.1) is 6.04 Å². The third-order valence-electron chi connectivity index (χ3n) is 2.79. The molecule has 0 saturated heterocycles. The van der Waals surface area contributed by atoms with Gasteiger partial charge in [-0.25, -0.2) is 4.39 Å². The van der Waals surface area contributed by atoms with Gasteiger partial charge in [-0.15, -0.1) is 0 Å². The predicted molar refractivity (Wildman–Crippen MR) is 70.7 cm³/mol. The molecule has 0 radical (unpaired) electrons. The molecule has 1 aromatic rings. The zero-order valence-electron chi connectivity index (χ0n) is 11.2. The van der Waals surface area contributed by atoms with Gasteiger partial charge in [0.2, 0.25) is 5.91 Å². The lowest BCUT2D eigenvalue weighted by molar-refractivity contribution is -0.122. The Balaban J connectivity index is 2.52. The summed E-state index contributed by atoms with van der Waals surface area (Å²) >= 11 is 0. The van der Waals surface area contributed by atoms with Crippen molar-refractivity contribution in [3.63, 3.8) is 0 Å². The number of hydrogen-bond acceptors (Lipinski definition) is 2. The Bertz CT molecular complexity index is 395. The SMILES string of the molecule is CCNC(C)CC(=O)N[C@H](C)c1ccccc1F. The number of amides is 1. The lowest BCUT2D eigenvalue weighted by Gasteiger charge is -2.17. The first kappa shape index (κ1) is 14.6. The molecule has 1 amide bonds. The average Bonchev–Trinajstić information content (AvgIpc) is 2.29. The fourth-order valence-electron chi connectivity index (χ4n) is 1.90. The Kier molecular flexibility index (Phi) is 5.78. The first-order chi connectivity index (χ1) is 8.54. The monoisotopic (exact) mass is 252 g/mol. The standard InChI is InChI=1S/C14H21FN2O/c1-4-16-10(2)9-14(18)17-11(3)12-7-5-6-8-13(12)15/h5-8,10-11,16H,4,9H2,1-3H3,(H,17,18)/t10?,11-/m1/s1. The summed E-state index contributed by atoms with van der Waals surface area (Å²) in [6.45, 7) is 6.57. The molecule has 0 aromatic heterocycles. The van der Waals surface area contributed by atoms with E-state index in [1.807, 2.05) is 13.8 Å².